The second kappa shape index (κ2) is 7.54. The van der Waals surface area contributed by atoms with E-state index < -0.39 is 0 Å². The van der Waals surface area contributed by atoms with E-state index in [1.807, 2.05) is 25.1 Å². The predicted octanol–water partition coefficient (Wildman–Crippen LogP) is 2.37. The van der Waals surface area contributed by atoms with Crippen molar-refractivity contribution < 1.29 is 37.4 Å². The number of benzene rings is 1. The van der Waals surface area contributed by atoms with E-state index in [2.05, 4.69) is 6.07 Å². The van der Waals surface area contributed by atoms with Crippen LogP contribution in [0.2, 0.25) is 0 Å². The Bertz CT molecular complexity index is 745. The zero-order chi connectivity index (χ0) is 14.7. The molecule has 0 aliphatic heterocycles. The van der Waals surface area contributed by atoms with E-state index in [9.17, 15) is 4.79 Å². The van der Waals surface area contributed by atoms with Gasteiger partial charge >= 0.3 is 0 Å². The van der Waals surface area contributed by atoms with Gasteiger partial charge in [-0.2, -0.15) is 17.4 Å². The average molecular weight is 356 g/mol. The van der Waals surface area contributed by atoms with Crippen molar-refractivity contribution in [1.82, 2.24) is 4.57 Å². The molecule has 0 aliphatic rings. The topological polar surface area (TPSA) is 55.0 Å². The minimum Gasteiger partial charge on any atom is -0.479 e. The van der Waals surface area contributed by atoms with Gasteiger partial charge in [0.1, 0.15) is 11.8 Å². The summed E-state index contributed by atoms with van der Waals surface area (Å²) in [6, 6.07) is 12.3. The van der Waals surface area contributed by atoms with Crippen LogP contribution in [-0.2, 0) is 39.8 Å². The van der Waals surface area contributed by atoms with E-state index in [4.69, 9.17) is 10.00 Å². The Morgan fingerprint density at radius 2 is 2.05 bits per heavy atom. The number of ether oxygens (including phenoxy) is 1. The van der Waals surface area contributed by atoms with Crippen LogP contribution < -0.4 is 10.3 Å². The van der Waals surface area contributed by atoms with E-state index in [0.29, 0.717) is 11.3 Å². The molecular weight excluding hydrogens is 341 g/mol. The molecule has 1 radical (unpaired) electrons. The number of nitriles is 1. The molecule has 0 atom stereocenters. The fourth-order valence-electron chi connectivity index (χ4n) is 2.07. The molecule has 0 saturated heterocycles. The third-order valence-electron chi connectivity index (χ3n) is 3.16. The van der Waals surface area contributed by atoms with Gasteiger partial charge in [-0.25, -0.2) is 0 Å². The summed E-state index contributed by atoms with van der Waals surface area (Å²) in [4.78, 5) is 12.0. The van der Waals surface area contributed by atoms with E-state index in [-0.39, 0.29) is 44.9 Å². The second-order valence-electron chi connectivity index (χ2n) is 4.61. The van der Waals surface area contributed by atoms with Crippen LogP contribution in [0.1, 0.15) is 11.1 Å². The molecule has 105 valence electrons. The van der Waals surface area contributed by atoms with Crippen LogP contribution in [0.5, 0.6) is 5.75 Å². The van der Waals surface area contributed by atoms with Gasteiger partial charge in [-0.3, -0.25) is 4.79 Å². The van der Waals surface area contributed by atoms with Gasteiger partial charge < -0.3 is 9.30 Å². The second-order valence-corrected chi connectivity index (χ2v) is 4.61. The number of hydrogen-bond donors (Lipinski definition) is 0. The summed E-state index contributed by atoms with van der Waals surface area (Å²) >= 11 is 0. The van der Waals surface area contributed by atoms with Gasteiger partial charge in [-0.15, -0.1) is 6.07 Å². The molecule has 1 aromatic carbocycles. The van der Waals surface area contributed by atoms with Crippen molar-refractivity contribution >= 4 is 0 Å². The number of hydrogen-bond acceptors (Lipinski definition) is 3. The van der Waals surface area contributed by atoms with Gasteiger partial charge in [0.25, 0.3) is 0 Å². The molecule has 0 spiro atoms. The number of aromatic nitrogens is 1. The fraction of sp³-hybridized carbons (Fsp3) is 0.250. The zero-order valence-electron chi connectivity index (χ0n) is 12.3. The molecule has 0 N–H and O–H groups in total. The standard InChI is InChI=1S/C16H15N2O2.Y/c1-11-4-7-15(18(3)16(11)19)14-6-5-13(10-12(14)2)20-9-8-17;/h4-6,10H,9H2,1-3H3;/q-1;. The Balaban J connectivity index is 0.00000220. The maximum Gasteiger partial charge on any atom is 0.197 e. The minimum atomic E-state index is -0.0250. The summed E-state index contributed by atoms with van der Waals surface area (Å²) in [5.74, 6) is 0.643. The summed E-state index contributed by atoms with van der Waals surface area (Å²) < 4.78 is 6.85. The number of pyridine rings is 1. The van der Waals surface area contributed by atoms with Gasteiger partial charge in [0.05, 0.1) is 0 Å². The Kier molecular flexibility index (Phi) is 6.32. The fourth-order valence-corrected chi connectivity index (χ4v) is 2.07. The quantitative estimate of drug-likeness (QED) is 0.794. The van der Waals surface area contributed by atoms with Gasteiger partial charge in [0.2, 0.25) is 0 Å². The monoisotopic (exact) mass is 356 g/mol. The van der Waals surface area contributed by atoms with Crippen molar-refractivity contribution in [3.05, 3.63) is 51.8 Å². The third kappa shape index (κ3) is 3.81. The molecular formula is C16H15N2O2Y-. The molecule has 0 saturated carbocycles. The van der Waals surface area contributed by atoms with E-state index >= 15 is 0 Å². The summed E-state index contributed by atoms with van der Waals surface area (Å²) in [5, 5.41) is 8.50. The van der Waals surface area contributed by atoms with Gasteiger partial charge in [0, 0.05) is 39.8 Å². The Morgan fingerprint density at radius 1 is 1.33 bits per heavy atom. The van der Waals surface area contributed by atoms with E-state index in [0.717, 1.165) is 16.8 Å². The van der Waals surface area contributed by atoms with Gasteiger partial charge in [-0.1, -0.05) is 36.2 Å². The van der Waals surface area contributed by atoms with Crippen molar-refractivity contribution in [2.45, 2.75) is 13.8 Å². The maximum absolute atomic E-state index is 12.0. The minimum absolute atomic E-state index is 0. The first-order valence-electron chi connectivity index (χ1n) is 6.23. The van der Waals surface area contributed by atoms with E-state index in [1.165, 1.54) is 0 Å². The molecule has 0 aliphatic carbocycles. The molecule has 4 nitrogen and oxygen atoms in total. The smallest absolute Gasteiger partial charge is 0.197 e. The summed E-state index contributed by atoms with van der Waals surface area (Å²) in [7, 11) is 1.74. The van der Waals surface area contributed by atoms with Crippen LogP contribution in [0.25, 0.3) is 11.3 Å². The molecule has 0 unspecified atom stereocenters. The van der Waals surface area contributed by atoms with Crippen LogP contribution in [0.3, 0.4) is 0 Å². The number of rotatable bonds is 3. The number of aryl methyl sites for hydroxylation is 2. The van der Waals surface area contributed by atoms with Gasteiger partial charge in [-0.05, 0) is 12.1 Å². The molecule has 21 heavy (non-hydrogen) atoms. The van der Waals surface area contributed by atoms with Crippen LogP contribution in [-0.4, -0.2) is 11.2 Å². The molecule has 5 heteroatoms. The Hall–Kier alpha value is -1.44. The summed E-state index contributed by atoms with van der Waals surface area (Å²) in [6.45, 7) is 3.73. The van der Waals surface area contributed by atoms with Gasteiger partial charge in [0.15, 0.2) is 12.2 Å². The van der Waals surface area contributed by atoms with Crippen LogP contribution in [0, 0.1) is 31.2 Å². The SMILES string of the molecule is Cc1cc(OCC#N)ccc1-c1[c-]cc(C)c(=O)n1C.[Y]. The molecule has 2 rings (SSSR count). The van der Waals surface area contributed by atoms with Crippen molar-refractivity contribution in [3.8, 4) is 23.1 Å². The summed E-state index contributed by atoms with van der Waals surface area (Å²) in [6.07, 6.45) is 0. The first-order valence-corrected chi connectivity index (χ1v) is 6.23. The first kappa shape index (κ1) is 17.6. The largest absolute Gasteiger partial charge is 0.479 e. The first-order chi connectivity index (χ1) is 9.54. The van der Waals surface area contributed by atoms with Crippen molar-refractivity contribution in [3.63, 3.8) is 0 Å². The van der Waals surface area contributed by atoms with E-state index in [1.54, 1.807) is 30.7 Å². The Morgan fingerprint density at radius 3 is 2.67 bits per heavy atom. The normalized spacial score (nSPS) is 9.62. The zero-order valence-corrected chi connectivity index (χ0v) is 15.1. The average Bonchev–Trinajstić information content (AvgIpc) is 2.44. The van der Waals surface area contributed by atoms with Crippen LogP contribution in [0.15, 0.2) is 29.1 Å². The third-order valence-corrected chi connectivity index (χ3v) is 3.16. The van der Waals surface area contributed by atoms with Crippen LogP contribution >= 0.6 is 0 Å². The molecule has 0 fully saturated rings. The molecule has 0 amide bonds. The molecule has 1 aromatic heterocycles. The predicted molar refractivity (Wildman–Crippen MR) is 76.5 cm³/mol. The van der Waals surface area contributed by atoms with Crippen molar-refractivity contribution in [2.24, 2.45) is 7.05 Å². The number of nitrogens with zero attached hydrogens (tertiary/aromatic N) is 2. The molecule has 1 heterocycles. The molecule has 0 bridgehead atoms. The Labute approximate surface area is 149 Å². The van der Waals surface area contributed by atoms with Crippen molar-refractivity contribution in [1.29, 1.82) is 5.26 Å². The summed E-state index contributed by atoms with van der Waals surface area (Å²) in [5.41, 5.74) is 3.28. The molecule has 2 aromatic rings. The van der Waals surface area contributed by atoms with Crippen LogP contribution in [0.4, 0.5) is 0 Å². The van der Waals surface area contributed by atoms with Crippen molar-refractivity contribution in [2.75, 3.05) is 6.61 Å². The maximum atomic E-state index is 12.0.